The van der Waals surface area contributed by atoms with Gasteiger partial charge < -0.3 is 10.4 Å². The van der Waals surface area contributed by atoms with E-state index >= 15 is 0 Å². The zero-order chi connectivity index (χ0) is 9.26. The number of hydrogen-bond donors (Lipinski definition) is 2. The molecule has 1 saturated carbocycles. The quantitative estimate of drug-likeness (QED) is 0.745. The molecular formula is C10H12FNO. The van der Waals surface area contributed by atoms with Crippen LogP contribution in [-0.2, 0) is 6.54 Å². The molecule has 0 aromatic heterocycles. The Balaban J connectivity index is 1.98. The van der Waals surface area contributed by atoms with Gasteiger partial charge in [0.15, 0.2) is 11.6 Å². The maximum absolute atomic E-state index is 12.8. The van der Waals surface area contributed by atoms with Gasteiger partial charge >= 0.3 is 0 Å². The van der Waals surface area contributed by atoms with E-state index in [4.69, 9.17) is 5.11 Å². The lowest BCUT2D eigenvalue weighted by atomic mass is 10.2. The Hall–Kier alpha value is -1.09. The molecule has 0 spiro atoms. The highest BCUT2D eigenvalue weighted by atomic mass is 19.1. The van der Waals surface area contributed by atoms with Crippen LogP contribution in [0.2, 0.25) is 0 Å². The number of halogens is 1. The SMILES string of the molecule is Oc1ccc(CNC2CC2)cc1F. The molecule has 0 atom stereocenters. The predicted molar refractivity (Wildman–Crippen MR) is 47.9 cm³/mol. The van der Waals surface area contributed by atoms with Gasteiger partial charge in [-0.1, -0.05) is 6.07 Å². The van der Waals surface area contributed by atoms with Crippen molar-refractivity contribution in [2.24, 2.45) is 0 Å². The fraction of sp³-hybridized carbons (Fsp3) is 0.400. The van der Waals surface area contributed by atoms with Crippen molar-refractivity contribution in [3.63, 3.8) is 0 Å². The highest BCUT2D eigenvalue weighted by Gasteiger charge is 2.19. The molecule has 0 heterocycles. The van der Waals surface area contributed by atoms with Crippen molar-refractivity contribution in [1.82, 2.24) is 5.32 Å². The zero-order valence-electron chi connectivity index (χ0n) is 7.26. The molecule has 3 heteroatoms. The summed E-state index contributed by atoms with van der Waals surface area (Å²) in [6.07, 6.45) is 2.45. The van der Waals surface area contributed by atoms with Crippen LogP contribution in [0.5, 0.6) is 5.75 Å². The first-order valence-electron chi connectivity index (χ1n) is 4.46. The summed E-state index contributed by atoms with van der Waals surface area (Å²) < 4.78 is 12.8. The summed E-state index contributed by atoms with van der Waals surface area (Å²) in [4.78, 5) is 0. The number of phenols is 1. The van der Waals surface area contributed by atoms with E-state index in [1.54, 1.807) is 6.07 Å². The maximum Gasteiger partial charge on any atom is 0.165 e. The molecule has 0 saturated heterocycles. The van der Waals surface area contributed by atoms with Gasteiger partial charge in [-0.15, -0.1) is 0 Å². The molecule has 13 heavy (non-hydrogen) atoms. The summed E-state index contributed by atoms with van der Waals surface area (Å²) in [5, 5.41) is 12.2. The average molecular weight is 181 g/mol. The normalized spacial score (nSPS) is 16.1. The monoisotopic (exact) mass is 181 g/mol. The predicted octanol–water partition coefficient (Wildman–Crippen LogP) is 1.78. The van der Waals surface area contributed by atoms with Crippen molar-refractivity contribution in [2.45, 2.75) is 25.4 Å². The molecule has 1 aliphatic rings. The number of hydrogen-bond acceptors (Lipinski definition) is 2. The fourth-order valence-corrected chi connectivity index (χ4v) is 1.21. The summed E-state index contributed by atoms with van der Waals surface area (Å²) in [5.41, 5.74) is 0.877. The van der Waals surface area contributed by atoms with Gasteiger partial charge in [0, 0.05) is 12.6 Å². The standard InChI is InChI=1S/C10H12FNO/c11-9-5-7(1-4-10(9)13)6-12-8-2-3-8/h1,4-5,8,12-13H,2-3,6H2. The van der Waals surface area contributed by atoms with Gasteiger partial charge in [-0.25, -0.2) is 4.39 Å². The van der Waals surface area contributed by atoms with Crippen molar-refractivity contribution in [1.29, 1.82) is 0 Å². The number of nitrogens with one attached hydrogen (secondary N) is 1. The van der Waals surface area contributed by atoms with E-state index in [1.165, 1.54) is 25.0 Å². The van der Waals surface area contributed by atoms with Crippen molar-refractivity contribution in [2.75, 3.05) is 0 Å². The topological polar surface area (TPSA) is 32.3 Å². The number of aromatic hydroxyl groups is 1. The molecule has 0 radical (unpaired) electrons. The molecule has 2 nitrogen and oxygen atoms in total. The highest BCUT2D eigenvalue weighted by Crippen LogP contribution is 2.20. The Morgan fingerprint density at radius 3 is 2.85 bits per heavy atom. The van der Waals surface area contributed by atoms with Crippen molar-refractivity contribution >= 4 is 0 Å². The third kappa shape index (κ3) is 2.18. The van der Waals surface area contributed by atoms with Crippen LogP contribution in [0, 0.1) is 5.82 Å². The second-order valence-corrected chi connectivity index (χ2v) is 3.44. The summed E-state index contributed by atoms with van der Waals surface area (Å²) in [7, 11) is 0. The van der Waals surface area contributed by atoms with Crippen molar-refractivity contribution < 1.29 is 9.50 Å². The van der Waals surface area contributed by atoms with Crippen LogP contribution in [0.15, 0.2) is 18.2 Å². The number of benzene rings is 1. The van der Waals surface area contributed by atoms with Crippen molar-refractivity contribution in [3.8, 4) is 5.75 Å². The number of phenolic OH excluding ortho intramolecular Hbond substituents is 1. The first kappa shape index (κ1) is 8.51. The van der Waals surface area contributed by atoms with Crippen LogP contribution in [0.4, 0.5) is 4.39 Å². The zero-order valence-corrected chi connectivity index (χ0v) is 7.26. The van der Waals surface area contributed by atoms with Gasteiger partial charge in [-0.2, -0.15) is 0 Å². The molecule has 2 rings (SSSR count). The molecule has 1 aromatic carbocycles. The molecular weight excluding hydrogens is 169 g/mol. The molecule has 0 bridgehead atoms. The second-order valence-electron chi connectivity index (χ2n) is 3.44. The first-order chi connectivity index (χ1) is 6.25. The molecule has 0 unspecified atom stereocenters. The van der Waals surface area contributed by atoms with Crippen LogP contribution < -0.4 is 5.32 Å². The highest BCUT2D eigenvalue weighted by molar-refractivity contribution is 5.27. The Bertz CT molecular complexity index is 310. The molecule has 1 aliphatic carbocycles. The van der Waals surface area contributed by atoms with Gasteiger partial charge in [0.05, 0.1) is 0 Å². The van der Waals surface area contributed by atoms with Gasteiger partial charge in [0.25, 0.3) is 0 Å². The van der Waals surface area contributed by atoms with E-state index in [2.05, 4.69) is 5.32 Å². The Morgan fingerprint density at radius 1 is 1.46 bits per heavy atom. The van der Waals surface area contributed by atoms with Crippen LogP contribution in [0.25, 0.3) is 0 Å². The van der Waals surface area contributed by atoms with Crippen molar-refractivity contribution in [3.05, 3.63) is 29.6 Å². The number of rotatable bonds is 3. The van der Waals surface area contributed by atoms with Crippen LogP contribution >= 0.6 is 0 Å². The van der Waals surface area contributed by atoms with Crippen LogP contribution in [0.1, 0.15) is 18.4 Å². The van der Waals surface area contributed by atoms with E-state index in [0.29, 0.717) is 12.6 Å². The molecule has 70 valence electrons. The third-order valence-corrected chi connectivity index (χ3v) is 2.18. The van der Waals surface area contributed by atoms with Crippen LogP contribution in [-0.4, -0.2) is 11.1 Å². The molecule has 2 N–H and O–H groups in total. The Labute approximate surface area is 76.4 Å². The molecule has 1 aromatic rings. The van der Waals surface area contributed by atoms with Gasteiger partial charge in [-0.05, 0) is 30.5 Å². The van der Waals surface area contributed by atoms with E-state index < -0.39 is 5.82 Å². The van der Waals surface area contributed by atoms with Gasteiger partial charge in [0.1, 0.15) is 0 Å². The fourth-order valence-electron chi connectivity index (χ4n) is 1.21. The van der Waals surface area contributed by atoms with Gasteiger partial charge in [-0.3, -0.25) is 0 Å². The van der Waals surface area contributed by atoms with Gasteiger partial charge in [0.2, 0.25) is 0 Å². The molecule has 0 aliphatic heterocycles. The summed E-state index contributed by atoms with van der Waals surface area (Å²) in [6, 6.07) is 5.11. The minimum absolute atomic E-state index is 0.282. The largest absolute Gasteiger partial charge is 0.505 e. The second kappa shape index (κ2) is 3.34. The lowest BCUT2D eigenvalue weighted by Crippen LogP contribution is -2.15. The summed E-state index contributed by atoms with van der Waals surface area (Å²) in [6.45, 7) is 0.682. The molecule has 1 fully saturated rings. The maximum atomic E-state index is 12.8. The van der Waals surface area contributed by atoms with Crippen LogP contribution in [0.3, 0.4) is 0 Å². The average Bonchev–Trinajstić information content (AvgIpc) is 2.91. The van der Waals surface area contributed by atoms with E-state index in [1.807, 2.05) is 0 Å². The minimum Gasteiger partial charge on any atom is -0.505 e. The Morgan fingerprint density at radius 2 is 2.23 bits per heavy atom. The Kier molecular flexibility index (Phi) is 2.19. The lowest BCUT2D eigenvalue weighted by Gasteiger charge is -2.03. The van der Waals surface area contributed by atoms with E-state index in [-0.39, 0.29) is 5.75 Å². The first-order valence-corrected chi connectivity index (χ1v) is 4.46. The summed E-state index contributed by atoms with van der Waals surface area (Å²) >= 11 is 0. The van der Waals surface area contributed by atoms with E-state index in [9.17, 15) is 4.39 Å². The van der Waals surface area contributed by atoms with E-state index in [0.717, 1.165) is 5.56 Å². The smallest absolute Gasteiger partial charge is 0.165 e. The summed E-state index contributed by atoms with van der Waals surface area (Å²) in [5.74, 6) is -0.828. The minimum atomic E-state index is -0.546. The lowest BCUT2D eigenvalue weighted by molar-refractivity contribution is 0.431. The molecule has 0 amide bonds. The third-order valence-electron chi connectivity index (χ3n) is 2.18.